The Hall–Kier alpha value is -2.47. The summed E-state index contributed by atoms with van der Waals surface area (Å²) in [5, 5.41) is 12.0. The molecule has 0 fully saturated rings. The molecule has 0 saturated carbocycles. The van der Waals surface area contributed by atoms with Crippen molar-refractivity contribution in [1.29, 1.82) is 0 Å². The molecular weight excluding hydrogens is 270 g/mol. The highest BCUT2D eigenvalue weighted by molar-refractivity contribution is 5.92. The number of H-pyrrole nitrogens is 1. The molecule has 0 saturated heterocycles. The molecule has 0 bridgehead atoms. The lowest BCUT2D eigenvalue weighted by atomic mass is 10.1. The van der Waals surface area contributed by atoms with Gasteiger partial charge in [-0.3, -0.25) is 9.59 Å². The van der Waals surface area contributed by atoms with Gasteiger partial charge in [0.05, 0.1) is 18.3 Å². The van der Waals surface area contributed by atoms with Crippen LogP contribution < -0.4 is 10.9 Å². The van der Waals surface area contributed by atoms with E-state index in [9.17, 15) is 14.7 Å². The van der Waals surface area contributed by atoms with Crippen molar-refractivity contribution in [1.82, 2.24) is 15.3 Å². The van der Waals surface area contributed by atoms with Gasteiger partial charge in [-0.25, -0.2) is 4.98 Å². The van der Waals surface area contributed by atoms with Crippen LogP contribution in [0, 0.1) is 13.8 Å². The second-order valence-corrected chi connectivity index (χ2v) is 4.74. The third-order valence-electron chi connectivity index (χ3n) is 3.24. The van der Waals surface area contributed by atoms with Crippen molar-refractivity contribution in [2.24, 2.45) is 0 Å². The van der Waals surface area contributed by atoms with Crippen LogP contribution in [0.1, 0.15) is 33.5 Å². The molecule has 21 heavy (non-hydrogen) atoms. The van der Waals surface area contributed by atoms with Crippen LogP contribution in [-0.2, 0) is 0 Å². The molecule has 0 aliphatic carbocycles. The number of aromatic nitrogens is 2. The van der Waals surface area contributed by atoms with E-state index in [1.54, 1.807) is 26.0 Å². The Morgan fingerprint density at radius 3 is 2.62 bits per heavy atom. The third kappa shape index (κ3) is 3.35. The van der Waals surface area contributed by atoms with Gasteiger partial charge in [0.2, 0.25) is 0 Å². The molecule has 1 heterocycles. The largest absolute Gasteiger partial charge is 0.394 e. The highest BCUT2D eigenvalue weighted by atomic mass is 16.3. The fourth-order valence-corrected chi connectivity index (χ4v) is 1.92. The van der Waals surface area contributed by atoms with Gasteiger partial charge in [-0.05, 0) is 19.4 Å². The van der Waals surface area contributed by atoms with Crippen molar-refractivity contribution in [2.75, 3.05) is 6.61 Å². The SMILES string of the molecule is Cc1nc(C(=O)NC(CO)c2ccccc2)c(=O)[nH]c1C. The molecule has 2 aromatic rings. The van der Waals surface area contributed by atoms with Crippen molar-refractivity contribution in [3.63, 3.8) is 0 Å². The molecule has 6 heteroatoms. The van der Waals surface area contributed by atoms with Crippen molar-refractivity contribution < 1.29 is 9.90 Å². The lowest BCUT2D eigenvalue weighted by Gasteiger charge is -2.16. The second kappa shape index (κ2) is 6.32. The van der Waals surface area contributed by atoms with E-state index in [4.69, 9.17) is 0 Å². The minimum absolute atomic E-state index is 0.201. The molecule has 1 unspecified atom stereocenters. The first-order chi connectivity index (χ1) is 10.0. The number of nitrogens with zero attached hydrogens (tertiary/aromatic N) is 1. The van der Waals surface area contributed by atoms with E-state index < -0.39 is 17.5 Å². The predicted molar refractivity (Wildman–Crippen MR) is 78.1 cm³/mol. The summed E-state index contributed by atoms with van der Waals surface area (Å²) in [6.45, 7) is 3.16. The van der Waals surface area contributed by atoms with Gasteiger partial charge in [0.15, 0.2) is 5.69 Å². The second-order valence-electron chi connectivity index (χ2n) is 4.74. The standard InChI is InChI=1S/C15H17N3O3/c1-9-10(2)17-14(20)13(16-9)15(21)18-12(8-19)11-6-4-3-5-7-11/h3-7,12,19H,8H2,1-2H3,(H,17,20)(H,18,21). The molecule has 0 radical (unpaired) electrons. The maximum absolute atomic E-state index is 12.2. The minimum Gasteiger partial charge on any atom is -0.394 e. The molecule has 1 atom stereocenters. The van der Waals surface area contributed by atoms with E-state index >= 15 is 0 Å². The highest BCUT2D eigenvalue weighted by Crippen LogP contribution is 2.12. The number of aryl methyl sites for hydroxylation is 2. The molecule has 0 spiro atoms. The van der Waals surface area contributed by atoms with E-state index in [2.05, 4.69) is 15.3 Å². The van der Waals surface area contributed by atoms with Crippen LogP contribution in [0.2, 0.25) is 0 Å². The van der Waals surface area contributed by atoms with Crippen molar-refractivity contribution >= 4 is 5.91 Å². The fraction of sp³-hybridized carbons (Fsp3) is 0.267. The van der Waals surface area contributed by atoms with Crippen molar-refractivity contribution in [3.05, 3.63) is 63.3 Å². The summed E-state index contributed by atoms with van der Waals surface area (Å²) in [6, 6.07) is 8.46. The molecule has 6 nitrogen and oxygen atoms in total. The van der Waals surface area contributed by atoms with Gasteiger partial charge >= 0.3 is 0 Å². The van der Waals surface area contributed by atoms with Gasteiger partial charge in [-0.2, -0.15) is 0 Å². The minimum atomic E-state index is -0.609. The van der Waals surface area contributed by atoms with E-state index in [0.29, 0.717) is 11.4 Å². The first-order valence-corrected chi connectivity index (χ1v) is 6.57. The number of rotatable bonds is 4. The van der Waals surface area contributed by atoms with E-state index in [-0.39, 0.29) is 12.3 Å². The first-order valence-electron chi connectivity index (χ1n) is 6.57. The number of aliphatic hydroxyl groups excluding tert-OH is 1. The molecule has 1 amide bonds. The van der Waals surface area contributed by atoms with Gasteiger partial charge in [-0.1, -0.05) is 30.3 Å². The summed E-state index contributed by atoms with van der Waals surface area (Å²) in [7, 11) is 0. The number of hydrogen-bond acceptors (Lipinski definition) is 4. The molecular formula is C15H17N3O3. The molecule has 1 aromatic carbocycles. The number of nitrogens with one attached hydrogen (secondary N) is 2. The normalized spacial score (nSPS) is 12.0. The summed E-state index contributed by atoms with van der Waals surface area (Å²) in [5.74, 6) is -0.609. The highest BCUT2D eigenvalue weighted by Gasteiger charge is 2.19. The van der Waals surface area contributed by atoms with Crippen LogP contribution in [0.4, 0.5) is 0 Å². The van der Waals surface area contributed by atoms with Crippen LogP contribution in [0.3, 0.4) is 0 Å². The van der Waals surface area contributed by atoms with Crippen LogP contribution >= 0.6 is 0 Å². The van der Waals surface area contributed by atoms with Gasteiger partial charge < -0.3 is 15.4 Å². The number of aromatic amines is 1. The Labute approximate surface area is 121 Å². The summed E-state index contributed by atoms with van der Waals surface area (Å²) in [6.07, 6.45) is 0. The van der Waals surface area contributed by atoms with Crippen LogP contribution in [0.25, 0.3) is 0 Å². The van der Waals surface area contributed by atoms with E-state index in [1.807, 2.05) is 18.2 Å². The zero-order chi connectivity index (χ0) is 15.4. The number of benzene rings is 1. The van der Waals surface area contributed by atoms with Gasteiger partial charge in [0, 0.05) is 5.69 Å². The Balaban J connectivity index is 2.25. The zero-order valence-corrected chi connectivity index (χ0v) is 11.9. The predicted octanol–water partition coefficient (Wildman–Crippen LogP) is 0.850. The van der Waals surface area contributed by atoms with Crippen molar-refractivity contribution in [3.8, 4) is 0 Å². The number of carbonyl (C=O) groups excluding carboxylic acids is 1. The molecule has 2 rings (SSSR count). The average Bonchev–Trinajstić information content (AvgIpc) is 2.49. The number of carbonyl (C=O) groups is 1. The monoisotopic (exact) mass is 287 g/mol. The Morgan fingerprint density at radius 1 is 1.33 bits per heavy atom. The smallest absolute Gasteiger partial charge is 0.279 e. The maximum atomic E-state index is 12.2. The topological polar surface area (TPSA) is 95.1 Å². The summed E-state index contributed by atoms with van der Waals surface area (Å²) < 4.78 is 0. The lowest BCUT2D eigenvalue weighted by molar-refractivity contribution is 0.0909. The zero-order valence-electron chi connectivity index (χ0n) is 11.9. The molecule has 0 aliphatic heterocycles. The fourth-order valence-electron chi connectivity index (χ4n) is 1.92. The maximum Gasteiger partial charge on any atom is 0.279 e. The van der Waals surface area contributed by atoms with E-state index in [0.717, 1.165) is 5.56 Å². The lowest BCUT2D eigenvalue weighted by Crippen LogP contribution is -2.35. The quantitative estimate of drug-likeness (QED) is 0.777. The Morgan fingerprint density at radius 2 is 2.00 bits per heavy atom. The summed E-state index contributed by atoms with van der Waals surface area (Å²) in [5.41, 5.74) is 1.22. The van der Waals surface area contributed by atoms with Crippen molar-refractivity contribution in [2.45, 2.75) is 19.9 Å². The summed E-state index contributed by atoms with van der Waals surface area (Å²) >= 11 is 0. The molecule has 3 N–H and O–H groups in total. The van der Waals surface area contributed by atoms with Crippen LogP contribution in [-0.4, -0.2) is 27.6 Å². The third-order valence-corrected chi connectivity index (χ3v) is 3.24. The summed E-state index contributed by atoms with van der Waals surface area (Å²) in [4.78, 5) is 30.6. The van der Waals surface area contributed by atoms with E-state index in [1.165, 1.54) is 0 Å². The first kappa shape index (κ1) is 14.9. The van der Waals surface area contributed by atoms with Gasteiger partial charge in [0.1, 0.15) is 0 Å². The van der Waals surface area contributed by atoms with Crippen LogP contribution in [0.15, 0.2) is 35.1 Å². The van der Waals surface area contributed by atoms with Gasteiger partial charge in [-0.15, -0.1) is 0 Å². The number of hydrogen-bond donors (Lipinski definition) is 3. The average molecular weight is 287 g/mol. The Kier molecular flexibility index (Phi) is 4.49. The number of amides is 1. The van der Waals surface area contributed by atoms with Gasteiger partial charge in [0.25, 0.3) is 11.5 Å². The Bertz CT molecular complexity index is 695. The van der Waals surface area contributed by atoms with Crippen LogP contribution in [0.5, 0.6) is 0 Å². The molecule has 1 aromatic heterocycles. The molecule has 0 aliphatic rings. The molecule has 110 valence electrons. The number of aliphatic hydroxyl groups is 1.